The molecule has 98 valence electrons. The van der Waals surface area contributed by atoms with Crippen LogP contribution in [0.1, 0.15) is 5.56 Å². The Labute approximate surface area is 105 Å². The zero-order valence-electron chi connectivity index (χ0n) is 9.81. The standard InChI is InChI=1S/C13H16O5/c14-6-9-10(11-12(18-11)13(15)17-9)16-7-8-4-2-1-3-5-8/h1-5,9-15H,6-7H2/t9-,10-,11+,12-,13+/m1/s1. The van der Waals surface area contributed by atoms with Crippen molar-refractivity contribution in [1.29, 1.82) is 0 Å². The summed E-state index contributed by atoms with van der Waals surface area (Å²) in [6.45, 7) is 0.247. The molecule has 0 aliphatic carbocycles. The van der Waals surface area contributed by atoms with E-state index in [4.69, 9.17) is 14.2 Å². The molecular formula is C13H16O5. The van der Waals surface area contributed by atoms with Crippen LogP contribution in [0.4, 0.5) is 0 Å². The largest absolute Gasteiger partial charge is 0.394 e. The lowest BCUT2D eigenvalue weighted by Gasteiger charge is -2.30. The number of epoxide rings is 1. The van der Waals surface area contributed by atoms with Gasteiger partial charge in [0.1, 0.15) is 24.4 Å². The molecule has 2 aliphatic heterocycles. The molecule has 0 amide bonds. The maximum absolute atomic E-state index is 9.51. The maximum atomic E-state index is 9.51. The molecule has 2 N–H and O–H groups in total. The van der Waals surface area contributed by atoms with Crippen molar-refractivity contribution >= 4 is 0 Å². The quantitative estimate of drug-likeness (QED) is 0.741. The predicted molar refractivity (Wildman–Crippen MR) is 61.6 cm³/mol. The number of hydrogen-bond donors (Lipinski definition) is 2. The van der Waals surface area contributed by atoms with Gasteiger partial charge in [0.25, 0.3) is 0 Å². The molecule has 5 heteroatoms. The third-order valence-corrected chi connectivity index (χ3v) is 3.31. The Kier molecular flexibility index (Phi) is 3.32. The van der Waals surface area contributed by atoms with Crippen LogP contribution in [-0.2, 0) is 20.8 Å². The van der Waals surface area contributed by atoms with Gasteiger partial charge in [0.2, 0.25) is 0 Å². The van der Waals surface area contributed by atoms with Gasteiger partial charge in [0, 0.05) is 0 Å². The van der Waals surface area contributed by atoms with Crippen molar-refractivity contribution in [2.45, 2.75) is 37.3 Å². The fourth-order valence-electron chi connectivity index (χ4n) is 2.29. The van der Waals surface area contributed by atoms with Crippen molar-refractivity contribution in [3.63, 3.8) is 0 Å². The van der Waals surface area contributed by atoms with Crippen LogP contribution >= 0.6 is 0 Å². The van der Waals surface area contributed by atoms with Crippen LogP contribution in [0.3, 0.4) is 0 Å². The molecule has 0 spiro atoms. The summed E-state index contributed by atoms with van der Waals surface area (Å²) < 4.78 is 16.3. The second-order valence-electron chi connectivity index (χ2n) is 4.57. The summed E-state index contributed by atoms with van der Waals surface area (Å²) in [5.74, 6) is 0. The first-order valence-electron chi connectivity index (χ1n) is 6.05. The van der Waals surface area contributed by atoms with Crippen molar-refractivity contribution in [1.82, 2.24) is 0 Å². The van der Waals surface area contributed by atoms with Crippen LogP contribution in [0.15, 0.2) is 30.3 Å². The zero-order chi connectivity index (χ0) is 12.5. The lowest BCUT2D eigenvalue weighted by Crippen LogP contribution is -2.48. The van der Waals surface area contributed by atoms with Crippen molar-refractivity contribution in [3.05, 3.63) is 35.9 Å². The number of hydrogen-bond acceptors (Lipinski definition) is 5. The zero-order valence-corrected chi connectivity index (χ0v) is 9.81. The smallest absolute Gasteiger partial charge is 0.184 e. The van der Waals surface area contributed by atoms with E-state index in [0.29, 0.717) is 6.61 Å². The van der Waals surface area contributed by atoms with Crippen LogP contribution in [-0.4, -0.2) is 47.5 Å². The minimum Gasteiger partial charge on any atom is -0.394 e. The van der Waals surface area contributed by atoms with Gasteiger partial charge in [-0.2, -0.15) is 0 Å². The van der Waals surface area contributed by atoms with Crippen LogP contribution in [0.25, 0.3) is 0 Å². The average molecular weight is 252 g/mol. The third kappa shape index (κ3) is 2.28. The van der Waals surface area contributed by atoms with E-state index >= 15 is 0 Å². The van der Waals surface area contributed by atoms with Gasteiger partial charge >= 0.3 is 0 Å². The maximum Gasteiger partial charge on any atom is 0.184 e. The van der Waals surface area contributed by atoms with E-state index < -0.39 is 12.4 Å². The Hall–Kier alpha value is -0.980. The Bertz CT molecular complexity index is 396. The molecule has 0 bridgehead atoms. The number of rotatable bonds is 4. The van der Waals surface area contributed by atoms with Crippen LogP contribution in [0.2, 0.25) is 0 Å². The summed E-state index contributed by atoms with van der Waals surface area (Å²) in [4.78, 5) is 0. The van der Waals surface area contributed by atoms with E-state index in [9.17, 15) is 10.2 Å². The summed E-state index contributed by atoms with van der Waals surface area (Å²) in [6.07, 6.45) is -2.30. The average Bonchev–Trinajstić information content (AvgIpc) is 3.19. The fraction of sp³-hybridized carbons (Fsp3) is 0.538. The Morgan fingerprint density at radius 3 is 2.61 bits per heavy atom. The summed E-state index contributed by atoms with van der Waals surface area (Å²) in [6, 6.07) is 9.77. The summed E-state index contributed by atoms with van der Waals surface area (Å²) in [5.41, 5.74) is 1.05. The van der Waals surface area contributed by atoms with E-state index in [0.717, 1.165) is 5.56 Å². The molecule has 1 aromatic rings. The molecule has 0 radical (unpaired) electrons. The molecule has 5 nitrogen and oxygen atoms in total. The fourth-order valence-corrected chi connectivity index (χ4v) is 2.29. The Morgan fingerprint density at radius 1 is 1.11 bits per heavy atom. The van der Waals surface area contributed by atoms with E-state index in [2.05, 4.69) is 0 Å². The predicted octanol–water partition coefficient (Wildman–Crippen LogP) is 0.0487. The lowest BCUT2D eigenvalue weighted by molar-refractivity contribution is -0.206. The van der Waals surface area contributed by atoms with Crippen LogP contribution in [0, 0.1) is 0 Å². The highest BCUT2D eigenvalue weighted by Gasteiger charge is 2.57. The highest BCUT2D eigenvalue weighted by atomic mass is 16.7. The van der Waals surface area contributed by atoms with Crippen molar-refractivity contribution in [2.75, 3.05) is 6.61 Å². The Balaban J connectivity index is 1.61. The third-order valence-electron chi connectivity index (χ3n) is 3.31. The molecule has 2 heterocycles. The summed E-state index contributed by atoms with van der Waals surface area (Å²) in [7, 11) is 0. The van der Waals surface area contributed by atoms with Gasteiger partial charge in [0.15, 0.2) is 6.29 Å². The topological polar surface area (TPSA) is 71.5 Å². The first kappa shape index (κ1) is 12.1. The molecule has 3 rings (SSSR count). The molecule has 0 saturated carbocycles. The molecule has 2 fully saturated rings. The highest BCUT2D eigenvalue weighted by Crippen LogP contribution is 2.38. The number of ether oxygens (including phenoxy) is 3. The second kappa shape index (κ2) is 4.95. The van der Waals surface area contributed by atoms with Crippen LogP contribution in [0.5, 0.6) is 0 Å². The van der Waals surface area contributed by atoms with E-state index in [1.165, 1.54) is 0 Å². The molecule has 5 atom stereocenters. The molecule has 0 unspecified atom stereocenters. The molecule has 0 aromatic heterocycles. The SMILES string of the molecule is OC[C@H]1O[C@H](O)[C@@H]2O[C@H]2[C@@H]1OCc1ccccc1. The number of fused-ring (bicyclic) bond motifs is 1. The van der Waals surface area contributed by atoms with Gasteiger partial charge in [-0.25, -0.2) is 0 Å². The minimum absolute atomic E-state index is 0.172. The minimum atomic E-state index is -0.955. The monoisotopic (exact) mass is 252 g/mol. The van der Waals surface area contributed by atoms with Gasteiger partial charge in [-0.15, -0.1) is 0 Å². The number of aliphatic hydroxyl groups is 2. The number of benzene rings is 1. The van der Waals surface area contributed by atoms with Crippen molar-refractivity contribution in [2.24, 2.45) is 0 Å². The van der Waals surface area contributed by atoms with Crippen molar-refractivity contribution in [3.8, 4) is 0 Å². The molecule has 18 heavy (non-hydrogen) atoms. The second-order valence-corrected chi connectivity index (χ2v) is 4.57. The first-order chi connectivity index (χ1) is 8.79. The van der Waals surface area contributed by atoms with Gasteiger partial charge < -0.3 is 24.4 Å². The lowest BCUT2D eigenvalue weighted by atomic mass is 10.0. The van der Waals surface area contributed by atoms with Gasteiger partial charge in [-0.3, -0.25) is 0 Å². The van der Waals surface area contributed by atoms with Gasteiger partial charge in [0.05, 0.1) is 13.2 Å². The van der Waals surface area contributed by atoms with Crippen molar-refractivity contribution < 1.29 is 24.4 Å². The van der Waals surface area contributed by atoms with E-state index in [-0.39, 0.29) is 24.9 Å². The van der Waals surface area contributed by atoms with E-state index in [1.54, 1.807) is 0 Å². The normalized spacial score (nSPS) is 38.2. The summed E-state index contributed by atoms with van der Waals surface area (Å²) >= 11 is 0. The van der Waals surface area contributed by atoms with E-state index in [1.807, 2.05) is 30.3 Å². The molecule has 2 aliphatic rings. The number of aliphatic hydroxyl groups excluding tert-OH is 2. The molecule has 2 saturated heterocycles. The highest BCUT2D eigenvalue weighted by molar-refractivity contribution is 5.13. The molecular weight excluding hydrogens is 236 g/mol. The first-order valence-corrected chi connectivity index (χ1v) is 6.05. The molecule has 1 aromatic carbocycles. The Morgan fingerprint density at radius 2 is 1.89 bits per heavy atom. The van der Waals surface area contributed by atoms with Gasteiger partial charge in [-0.05, 0) is 5.56 Å². The van der Waals surface area contributed by atoms with Gasteiger partial charge in [-0.1, -0.05) is 30.3 Å². The summed E-state index contributed by atoms with van der Waals surface area (Å²) in [5, 5.41) is 18.8. The van der Waals surface area contributed by atoms with Crippen LogP contribution < -0.4 is 0 Å².